The second kappa shape index (κ2) is 4.52. The fraction of sp³-hybridized carbons (Fsp3) is 0.500. The van der Waals surface area contributed by atoms with Crippen LogP contribution < -0.4 is 0 Å². The van der Waals surface area contributed by atoms with E-state index in [1.54, 1.807) is 0 Å². The molecule has 0 saturated carbocycles. The molecule has 82 valence electrons. The van der Waals surface area contributed by atoms with Crippen molar-refractivity contribution in [3.63, 3.8) is 0 Å². The molecule has 1 aliphatic heterocycles. The summed E-state index contributed by atoms with van der Waals surface area (Å²) in [5.74, 6) is 0.684. The summed E-state index contributed by atoms with van der Waals surface area (Å²) < 4.78 is 0. The summed E-state index contributed by atoms with van der Waals surface area (Å²) in [6.07, 6.45) is 0. The third-order valence-corrected chi connectivity index (χ3v) is 3.51. The molecule has 2 nitrogen and oxygen atoms in total. The Bertz CT molecular complexity index is 342. The molecule has 1 aromatic carbocycles. The van der Waals surface area contributed by atoms with Crippen LogP contribution in [0.2, 0.25) is 5.02 Å². The van der Waals surface area contributed by atoms with Gasteiger partial charge in [0.15, 0.2) is 0 Å². The van der Waals surface area contributed by atoms with Crippen molar-refractivity contribution in [1.29, 1.82) is 0 Å². The van der Waals surface area contributed by atoms with E-state index in [0.29, 0.717) is 11.8 Å². The number of rotatable bonds is 2. The lowest BCUT2D eigenvalue weighted by Crippen LogP contribution is -2.16. The van der Waals surface area contributed by atoms with Crippen molar-refractivity contribution in [3.05, 3.63) is 34.9 Å². The van der Waals surface area contributed by atoms with Crippen LogP contribution in [0, 0.1) is 5.92 Å². The van der Waals surface area contributed by atoms with Crippen LogP contribution in [-0.2, 0) is 0 Å². The van der Waals surface area contributed by atoms with Gasteiger partial charge in [0, 0.05) is 36.6 Å². The molecule has 1 N–H and O–H groups in total. The molecule has 15 heavy (non-hydrogen) atoms. The van der Waals surface area contributed by atoms with Crippen LogP contribution >= 0.6 is 11.6 Å². The second-order valence-corrected chi connectivity index (χ2v) is 4.70. The normalized spacial score (nSPS) is 27.1. The molecule has 1 aromatic rings. The van der Waals surface area contributed by atoms with Crippen molar-refractivity contribution in [3.8, 4) is 0 Å². The van der Waals surface area contributed by atoms with Crippen LogP contribution in [0.4, 0.5) is 0 Å². The largest absolute Gasteiger partial charge is 0.396 e. The van der Waals surface area contributed by atoms with E-state index in [0.717, 1.165) is 18.1 Å². The molecular formula is C12H16ClNO. The molecule has 0 amide bonds. The lowest BCUT2D eigenvalue weighted by atomic mass is 9.89. The minimum atomic E-state index is 0.236. The number of halogens is 1. The zero-order valence-electron chi connectivity index (χ0n) is 8.86. The highest BCUT2D eigenvalue weighted by molar-refractivity contribution is 6.31. The van der Waals surface area contributed by atoms with Crippen molar-refractivity contribution < 1.29 is 5.11 Å². The van der Waals surface area contributed by atoms with Gasteiger partial charge in [-0.15, -0.1) is 0 Å². The standard InChI is InChI=1S/C12H16ClNO/c1-14-6-9(8-15)11(7-14)10-4-2-3-5-12(10)13/h2-5,9,11,15H,6-8H2,1H3. The fourth-order valence-corrected chi connectivity index (χ4v) is 2.68. The van der Waals surface area contributed by atoms with E-state index in [1.807, 2.05) is 18.2 Å². The van der Waals surface area contributed by atoms with Gasteiger partial charge in [0.1, 0.15) is 0 Å². The van der Waals surface area contributed by atoms with Crippen LogP contribution in [0.25, 0.3) is 0 Å². The maximum absolute atomic E-state index is 9.34. The molecule has 0 radical (unpaired) electrons. The van der Waals surface area contributed by atoms with Crippen LogP contribution in [0.5, 0.6) is 0 Å². The lowest BCUT2D eigenvalue weighted by Gasteiger charge is -2.17. The first-order chi connectivity index (χ1) is 7.22. The number of aliphatic hydroxyl groups is 1. The number of nitrogens with zero attached hydrogens (tertiary/aromatic N) is 1. The maximum atomic E-state index is 9.34. The Hall–Kier alpha value is -0.570. The Morgan fingerprint density at radius 3 is 2.80 bits per heavy atom. The third kappa shape index (κ3) is 2.17. The van der Waals surface area contributed by atoms with E-state index < -0.39 is 0 Å². The quantitative estimate of drug-likeness (QED) is 0.832. The number of aliphatic hydroxyl groups excluding tert-OH is 1. The number of benzene rings is 1. The van der Waals surface area contributed by atoms with E-state index in [2.05, 4.69) is 18.0 Å². The SMILES string of the molecule is CN1CC(CO)C(c2ccccc2Cl)C1. The molecule has 0 spiro atoms. The molecule has 1 fully saturated rings. The van der Waals surface area contributed by atoms with Crippen molar-refractivity contribution in [1.82, 2.24) is 4.90 Å². The van der Waals surface area contributed by atoms with Crippen molar-refractivity contribution >= 4 is 11.6 Å². The van der Waals surface area contributed by atoms with Crippen LogP contribution in [0.1, 0.15) is 11.5 Å². The molecule has 1 heterocycles. The Morgan fingerprint density at radius 2 is 2.13 bits per heavy atom. The summed E-state index contributed by atoms with van der Waals surface area (Å²) in [4.78, 5) is 2.24. The third-order valence-electron chi connectivity index (χ3n) is 3.16. The van der Waals surface area contributed by atoms with E-state index in [9.17, 15) is 5.11 Å². The monoisotopic (exact) mass is 225 g/mol. The minimum Gasteiger partial charge on any atom is -0.396 e. The minimum absolute atomic E-state index is 0.236. The van der Waals surface area contributed by atoms with E-state index in [4.69, 9.17) is 11.6 Å². The zero-order valence-corrected chi connectivity index (χ0v) is 9.61. The highest BCUT2D eigenvalue weighted by atomic mass is 35.5. The molecule has 1 saturated heterocycles. The van der Waals surface area contributed by atoms with Gasteiger partial charge in [-0.1, -0.05) is 29.8 Å². The lowest BCUT2D eigenvalue weighted by molar-refractivity contribution is 0.219. The maximum Gasteiger partial charge on any atom is 0.0477 e. The first-order valence-corrected chi connectivity index (χ1v) is 5.64. The smallest absolute Gasteiger partial charge is 0.0477 e. The van der Waals surface area contributed by atoms with Gasteiger partial charge in [-0.3, -0.25) is 0 Å². The number of hydrogen-bond acceptors (Lipinski definition) is 2. The topological polar surface area (TPSA) is 23.5 Å². The predicted molar refractivity (Wildman–Crippen MR) is 62.3 cm³/mol. The predicted octanol–water partition coefficient (Wildman–Crippen LogP) is 1.98. The van der Waals surface area contributed by atoms with Crippen molar-refractivity contribution in [2.75, 3.05) is 26.7 Å². The molecule has 2 atom stereocenters. The summed E-state index contributed by atoms with van der Waals surface area (Å²) >= 11 is 6.17. The Kier molecular flexibility index (Phi) is 3.29. The molecule has 2 rings (SSSR count). The van der Waals surface area contributed by atoms with Crippen LogP contribution in [0.3, 0.4) is 0 Å². The molecular weight excluding hydrogens is 210 g/mol. The Balaban J connectivity index is 2.26. The molecule has 2 unspecified atom stereocenters. The summed E-state index contributed by atoms with van der Waals surface area (Å²) in [6, 6.07) is 7.94. The molecule has 3 heteroatoms. The second-order valence-electron chi connectivity index (χ2n) is 4.29. The number of likely N-dealkylation sites (tertiary alicyclic amines) is 1. The summed E-state index contributed by atoms with van der Waals surface area (Å²) in [5.41, 5.74) is 1.17. The van der Waals surface area contributed by atoms with Crippen LogP contribution in [0.15, 0.2) is 24.3 Å². The van der Waals surface area contributed by atoms with Gasteiger partial charge in [-0.25, -0.2) is 0 Å². The molecule has 0 bridgehead atoms. The fourth-order valence-electron chi connectivity index (χ4n) is 2.40. The van der Waals surface area contributed by atoms with Crippen molar-refractivity contribution in [2.24, 2.45) is 5.92 Å². The zero-order chi connectivity index (χ0) is 10.8. The van der Waals surface area contributed by atoms with E-state index >= 15 is 0 Å². The average molecular weight is 226 g/mol. The number of likely N-dealkylation sites (N-methyl/N-ethyl adjacent to an activating group) is 1. The highest BCUT2D eigenvalue weighted by Crippen LogP contribution is 2.35. The Labute approximate surface area is 95.5 Å². The summed E-state index contributed by atoms with van der Waals surface area (Å²) in [6.45, 7) is 2.17. The van der Waals surface area contributed by atoms with Gasteiger partial charge in [-0.2, -0.15) is 0 Å². The Morgan fingerprint density at radius 1 is 1.40 bits per heavy atom. The summed E-state index contributed by atoms with van der Waals surface area (Å²) in [7, 11) is 2.08. The van der Waals surface area contributed by atoms with Gasteiger partial charge < -0.3 is 10.0 Å². The first kappa shape index (κ1) is 10.9. The van der Waals surface area contributed by atoms with Gasteiger partial charge in [-0.05, 0) is 18.7 Å². The molecule has 0 aromatic heterocycles. The van der Waals surface area contributed by atoms with Gasteiger partial charge in [0.25, 0.3) is 0 Å². The molecule has 0 aliphatic carbocycles. The summed E-state index contributed by atoms with van der Waals surface area (Å²) in [5, 5.41) is 10.2. The van der Waals surface area contributed by atoms with E-state index in [-0.39, 0.29) is 6.61 Å². The highest BCUT2D eigenvalue weighted by Gasteiger charge is 2.32. The van der Waals surface area contributed by atoms with Gasteiger partial charge in [0.2, 0.25) is 0 Å². The van der Waals surface area contributed by atoms with E-state index in [1.165, 1.54) is 5.56 Å². The van der Waals surface area contributed by atoms with Gasteiger partial charge in [0.05, 0.1) is 0 Å². The average Bonchev–Trinajstić information content (AvgIpc) is 2.60. The van der Waals surface area contributed by atoms with Gasteiger partial charge >= 0.3 is 0 Å². The van der Waals surface area contributed by atoms with Crippen LogP contribution in [-0.4, -0.2) is 36.8 Å². The first-order valence-electron chi connectivity index (χ1n) is 5.26. The van der Waals surface area contributed by atoms with Crippen molar-refractivity contribution in [2.45, 2.75) is 5.92 Å². The number of hydrogen-bond donors (Lipinski definition) is 1. The molecule has 1 aliphatic rings.